The summed E-state index contributed by atoms with van der Waals surface area (Å²) in [6.07, 6.45) is 0. The van der Waals surface area contributed by atoms with E-state index in [1.165, 1.54) is 9.13 Å². The molecule has 0 atom stereocenters. The van der Waals surface area contributed by atoms with Crippen molar-refractivity contribution in [3.8, 4) is 0 Å². The van der Waals surface area contributed by atoms with E-state index >= 15 is 0 Å². The van der Waals surface area contributed by atoms with Gasteiger partial charge in [-0.05, 0) is 40.3 Å². The molecule has 0 aromatic heterocycles. The van der Waals surface area contributed by atoms with Crippen LogP contribution in [0.4, 0.5) is 0 Å². The molecule has 1 heterocycles. The second kappa shape index (κ2) is 5.01. The molecule has 16 heavy (non-hydrogen) atoms. The molecule has 2 rings (SSSR count). The first-order valence-corrected chi connectivity index (χ1v) is 8.12. The summed E-state index contributed by atoms with van der Waals surface area (Å²) in [4.78, 5) is 2.20. The smallest absolute Gasteiger partial charge is 0.152 e. The Morgan fingerprint density at radius 1 is 1.12 bits per heavy atom. The van der Waals surface area contributed by atoms with Crippen molar-refractivity contribution in [1.82, 2.24) is 4.90 Å². The minimum atomic E-state index is -2.76. The molecule has 3 nitrogen and oxygen atoms in total. The number of hydrogen-bond donors (Lipinski definition) is 0. The molecule has 0 bridgehead atoms. The Bertz CT molecular complexity index is 441. The Hall–Kier alpha value is -0.140. The molecule has 88 valence electrons. The van der Waals surface area contributed by atoms with Gasteiger partial charge < -0.3 is 0 Å². The lowest BCUT2D eigenvalue weighted by atomic mass is 10.2. The highest BCUT2D eigenvalue weighted by Gasteiger charge is 2.21. The van der Waals surface area contributed by atoms with Gasteiger partial charge in [-0.2, -0.15) is 0 Å². The first-order valence-electron chi connectivity index (χ1n) is 5.22. The van der Waals surface area contributed by atoms with E-state index in [9.17, 15) is 8.42 Å². The fourth-order valence-electron chi connectivity index (χ4n) is 1.76. The summed E-state index contributed by atoms with van der Waals surface area (Å²) < 4.78 is 23.8. The molecular formula is C11H14INO2S. The van der Waals surface area contributed by atoms with Crippen molar-refractivity contribution >= 4 is 32.4 Å². The van der Waals surface area contributed by atoms with Gasteiger partial charge in [0.05, 0.1) is 11.5 Å². The summed E-state index contributed by atoms with van der Waals surface area (Å²) in [5, 5.41) is 0. The van der Waals surface area contributed by atoms with Gasteiger partial charge in [0.1, 0.15) is 0 Å². The van der Waals surface area contributed by atoms with E-state index in [0.29, 0.717) is 24.6 Å². The minimum Gasteiger partial charge on any atom is -0.297 e. The van der Waals surface area contributed by atoms with Crippen LogP contribution in [0.2, 0.25) is 0 Å². The molecule has 1 fully saturated rings. The zero-order valence-electron chi connectivity index (χ0n) is 8.89. The maximum absolute atomic E-state index is 11.3. The van der Waals surface area contributed by atoms with Crippen LogP contribution < -0.4 is 0 Å². The quantitative estimate of drug-likeness (QED) is 0.759. The molecule has 1 aliphatic heterocycles. The average Bonchev–Trinajstić information content (AvgIpc) is 2.24. The second-order valence-electron chi connectivity index (χ2n) is 4.05. The average molecular weight is 351 g/mol. The Morgan fingerprint density at radius 3 is 2.25 bits per heavy atom. The van der Waals surface area contributed by atoms with E-state index in [-0.39, 0.29) is 0 Å². The minimum absolute atomic E-state index is 0.303. The summed E-state index contributed by atoms with van der Waals surface area (Å²) in [5.74, 6) is 0.606. The fourth-order valence-corrected chi connectivity index (χ4v) is 3.39. The highest BCUT2D eigenvalue weighted by Crippen LogP contribution is 2.11. The third kappa shape index (κ3) is 3.43. The van der Waals surface area contributed by atoms with Crippen LogP contribution in [-0.4, -0.2) is 37.9 Å². The molecule has 0 spiro atoms. The molecule has 0 N–H and O–H groups in total. The van der Waals surface area contributed by atoms with Crippen molar-refractivity contribution in [1.29, 1.82) is 0 Å². The second-order valence-corrected chi connectivity index (χ2v) is 7.60. The van der Waals surface area contributed by atoms with E-state index < -0.39 is 9.84 Å². The predicted octanol–water partition coefficient (Wildman–Crippen LogP) is 1.52. The molecule has 1 aliphatic rings. The third-order valence-electron chi connectivity index (χ3n) is 2.76. The van der Waals surface area contributed by atoms with Crippen molar-refractivity contribution in [3.63, 3.8) is 0 Å². The van der Waals surface area contributed by atoms with E-state index in [1.54, 1.807) is 0 Å². The normalized spacial score (nSPS) is 20.8. The largest absolute Gasteiger partial charge is 0.297 e. The Labute approximate surface area is 110 Å². The Morgan fingerprint density at radius 2 is 1.69 bits per heavy atom. The molecule has 0 aliphatic carbocycles. The maximum Gasteiger partial charge on any atom is 0.152 e. The van der Waals surface area contributed by atoms with E-state index in [1.807, 2.05) is 0 Å². The van der Waals surface area contributed by atoms with E-state index in [4.69, 9.17) is 0 Å². The van der Waals surface area contributed by atoms with Gasteiger partial charge in [0.15, 0.2) is 9.84 Å². The van der Waals surface area contributed by atoms with Crippen LogP contribution in [0.3, 0.4) is 0 Å². The van der Waals surface area contributed by atoms with Crippen LogP contribution >= 0.6 is 22.6 Å². The summed E-state index contributed by atoms with van der Waals surface area (Å²) in [6.45, 7) is 2.18. The van der Waals surface area contributed by atoms with Gasteiger partial charge in [0, 0.05) is 23.2 Å². The van der Waals surface area contributed by atoms with Crippen molar-refractivity contribution in [2.24, 2.45) is 0 Å². The van der Waals surface area contributed by atoms with Crippen LogP contribution in [0, 0.1) is 3.57 Å². The highest BCUT2D eigenvalue weighted by molar-refractivity contribution is 14.1. The van der Waals surface area contributed by atoms with Crippen LogP contribution in [0.1, 0.15) is 5.56 Å². The Balaban J connectivity index is 1.94. The number of benzene rings is 1. The number of hydrogen-bond acceptors (Lipinski definition) is 3. The van der Waals surface area contributed by atoms with Crippen LogP contribution in [-0.2, 0) is 16.4 Å². The van der Waals surface area contributed by atoms with Crippen LogP contribution in [0.5, 0.6) is 0 Å². The Kier molecular flexibility index (Phi) is 3.86. The lowest BCUT2D eigenvalue weighted by molar-refractivity contribution is 0.287. The van der Waals surface area contributed by atoms with Crippen LogP contribution in [0.15, 0.2) is 24.3 Å². The number of sulfone groups is 1. The van der Waals surface area contributed by atoms with Crippen LogP contribution in [0.25, 0.3) is 0 Å². The fraction of sp³-hybridized carbons (Fsp3) is 0.455. The monoisotopic (exact) mass is 351 g/mol. The summed E-state index contributed by atoms with van der Waals surface area (Å²) in [7, 11) is -2.76. The van der Waals surface area contributed by atoms with Gasteiger partial charge in [-0.3, -0.25) is 4.90 Å². The molecule has 0 amide bonds. The number of rotatable bonds is 2. The molecule has 5 heteroatoms. The van der Waals surface area contributed by atoms with E-state index in [0.717, 1.165) is 6.54 Å². The molecule has 1 aromatic carbocycles. The lowest BCUT2D eigenvalue weighted by Gasteiger charge is -2.26. The van der Waals surface area contributed by atoms with Gasteiger partial charge in [-0.1, -0.05) is 12.1 Å². The van der Waals surface area contributed by atoms with Gasteiger partial charge in [0.25, 0.3) is 0 Å². The van der Waals surface area contributed by atoms with E-state index in [2.05, 4.69) is 51.8 Å². The highest BCUT2D eigenvalue weighted by atomic mass is 127. The lowest BCUT2D eigenvalue weighted by Crippen LogP contribution is -2.39. The molecule has 0 saturated carbocycles. The molecule has 0 unspecified atom stereocenters. The van der Waals surface area contributed by atoms with Gasteiger partial charge in [-0.15, -0.1) is 0 Å². The zero-order valence-corrected chi connectivity index (χ0v) is 11.9. The third-order valence-corrected chi connectivity index (χ3v) is 5.08. The number of halogens is 1. The zero-order chi connectivity index (χ0) is 11.6. The van der Waals surface area contributed by atoms with Crippen molar-refractivity contribution < 1.29 is 8.42 Å². The SMILES string of the molecule is O=S1(=O)CCN(Cc2ccc(I)cc2)CC1. The molecule has 1 aromatic rings. The standard InChI is InChI=1S/C11H14INO2S/c12-11-3-1-10(2-4-11)9-13-5-7-16(14,15)8-6-13/h1-4H,5-9H2. The van der Waals surface area contributed by atoms with Gasteiger partial charge >= 0.3 is 0 Å². The molecule has 0 radical (unpaired) electrons. The summed E-state index contributed by atoms with van der Waals surface area (Å²) in [6, 6.07) is 8.36. The van der Waals surface area contributed by atoms with Gasteiger partial charge in [-0.25, -0.2) is 8.42 Å². The maximum atomic E-state index is 11.3. The molecule has 1 saturated heterocycles. The first-order chi connectivity index (χ1) is 7.55. The van der Waals surface area contributed by atoms with Crippen molar-refractivity contribution in [2.75, 3.05) is 24.6 Å². The van der Waals surface area contributed by atoms with Gasteiger partial charge in [0.2, 0.25) is 0 Å². The number of nitrogens with zero attached hydrogens (tertiary/aromatic N) is 1. The predicted molar refractivity (Wildman–Crippen MR) is 73.1 cm³/mol. The van der Waals surface area contributed by atoms with Crippen molar-refractivity contribution in [2.45, 2.75) is 6.54 Å². The topological polar surface area (TPSA) is 37.4 Å². The molecular weight excluding hydrogens is 337 g/mol. The summed E-state index contributed by atoms with van der Waals surface area (Å²) >= 11 is 2.28. The summed E-state index contributed by atoms with van der Waals surface area (Å²) in [5.41, 5.74) is 1.25. The first kappa shape index (κ1) is 12.3. The van der Waals surface area contributed by atoms with Crippen molar-refractivity contribution in [3.05, 3.63) is 33.4 Å².